The average molecular weight is 242 g/mol. The van der Waals surface area contributed by atoms with E-state index in [1.54, 1.807) is 0 Å². The van der Waals surface area contributed by atoms with E-state index >= 15 is 0 Å². The quantitative estimate of drug-likeness (QED) is 0.743. The van der Waals surface area contributed by atoms with E-state index in [-0.39, 0.29) is 4.60 Å². The third-order valence-corrected chi connectivity index (χ3v) is 1.44. The summed E-state index contributed by atoms with van der Waals surface area (Å²) >= 11 is 2.88. The fourth-order valence-corrected chi connectivity index (χ4v) is 0.893. The van der Waals surface area contributed by atoms with Crippen molar-refractivity contribution in [2.24, 2.45) is 0 Å². The fourth-order valence-electron chi connectivity index (χ4n) is 0.583. The van der Waals surface area contributed by atoms with Gasteiger partial charge in [-0.05, 0) is 15.9 Å². The van der Waals surface area contributed by atoms with E-state index in [9.17, 15) is 13.2 Å². The second-order valence-corrected chi connectivity index (χ2v) is 2.63. The molecule has 0 aliphatic rings. The predicted octanol–water partition coefficient (Wildman–Crippen LogP) is 2.58. The summed E-state index contributed by atoms with van der Waals surface area (Å²) in [4.78, 5) is 3.46. The van der Waals surface area contributed by atoms with Gasteiger partial charge in [-0.25, -0.2) is 9.37 Å². The van der Waals surface area contributed by atoms with Gasteiger partial charge in [0, 0.05) is 6.07 Å². The molecule has 0 aliphatic carbocycles. The third kappa shape index (κ3) is 2.37. The van der Waals surface area contributed by atoms with Gasteiger partial charge in [-0.2, -0.15) is 8.78 Å². The standard InChI is InChI=1S/C6H3BrF3NO/c7-5-1-4(12-6(9)10)3(8)2-11-5/h1-2,6H. The molecule has 0 saturated carbocycles. The first kappa shape index (κ1) is 9.31. The number of aromatic nitrogens is 1. The van der Waals surface area contributed by atoms with Crippen molar-refractivity contribution in [1.29, 1.82) is 0 Å². The summed E-state index contributed by atoms with van der Waals surface area (Å²) in [5, 5.41) is 0. The third-order valence-electron chi connectivity index (χ3n) is 1.00. The van der Waals surface area contributed by atoms with Gasteiger partial charge in [0.2, 0.25) is 0 Å². The van der Waals surface area contributed by atoms with Crippen LogP contribution in [0.1, 0.15) is 0 Å². The highest BCUT2D eigenvalue weighted by molar-refractivity contribution is 9.10. The Labute approximate surface area is 74.5 Å². The lowest BCUT2D eigenvalue weighted by Crippen LogP contribution is -2.03. The molecule has 0 N–H and O–H groups in total. The minimum atomic E-state index is -3.03. The Bertz CT molecular complexity index is 281. The molecule has 0 spiro atoms. The molecule has 0 fully saturated rings. The van der Waals surface area contributed by atoms with Crippen LogP contribution in [0.2, 0.25) is 0 Å². The summed E-state index contributed by atoms with van der Waals surface area (Å²) in [5.74, 6) is -1.44. The second kappa shape index (κ2) is 3.75. The highest BCUT2D eigenvalue weighted by atomic mass is 79.9. The zero-order valence-corrected chi connectivity index (χ0v) is 7.19. The Balaban J connectivity index is 2.90. The maximum atomic E-state index is 12.6. The van der Waals surface area contributed by atoms with Gasteiger partial charge < -0.3 is 4.74 Å². The molecule has 1 aromatic rings. The Morgan fingerprint density at radius 2 is 2.17 bits per heavy atom. The van der Waals surface area contributed by atoms with E-state index in [2.05, 4.69) is 25.7 Å². The molecule has 1 heterocycles. The van der Waals surface area contributed by atoms with Crippen LogP contribution in [0.5, 0.6) is 5.75 Å². The smallest absolute Gasteiger partial charge is 0.387 e. The number of alkyl halides is 2. The van der Waals surface area contributed by atoms with Gasteiger partial charge in [-0.3, -0.25) is 0 Å². The van der Waals surface area contributed by atoms with Crippen LogP contribution in [0, 0.1) is 5.82 Å². The highest BCUT2D eigenvalue weighted by Crippen LogP contribution is 2.21. The molecule has 0 unspecified atom stereocenters. The lowest BCUT2D eigenvalue weighted by atomic mass is 10.4. The lowest BCUT2D eigenvalue weighted by molar-refractivity contribution is -0.0523. The monoisotopic (exact) mass is 241 g/mol. The van der Waals surface area contributed by atoms with Gasteiger partial charge in [0.15, 0.2) is 11.6 Å². The van der Waals surface area contributed by atoms with Crippen LogP contribution in [-0.4, -0.2) is 11.6 Å². The molecule has 0 aromatic carbocycles. The van der Waals surface area contributed by atoms with E-state index in [0.717, 1.165) is 12.3 Å². The number of rotatable bonds is 2. The summed E-state index contributed by atoms with van der Waals surface area (Å²) in [6.07, 6.45) is 0.793. The minimum absolute atomic E-state index is 0.236. The van der Waals surface area contributed by atoms with Crippen LogP contribution >= 0.6 is 15.9 Å². The SMILES string of the molecule is Fc1cnc(Br)cc1OC(F)F. The average Bonchev–Trinajstić information content (AvgIpc) is 1.96. The van der Waals surface area contributed by atoms with Gasteiger partial charge in [0.05, 0.1) is 6.20 Å². The van der Waals surface area contributed by atoms with Crippen LogP contribution in [0.4, 0.5) is 13.2 Å². The van der Waals surface area contributed by atoms with Crippen LogP contribution in [0.3, 0.4) is 0 Å². The molecule has 0 radical (unpaired) electrons. The fraction of sp³-hybridized carbons (Fsp3) is 0.167. The zero-order valence-electron chi connectivity index (χ0n) is 5.60. The number of halogens is 4. The van der Waals surface area contributed by atoms with Crippen molar-refractivity contribution in [2.45, 2.75) is 6.61 Å². The molecule has 6 heteroatoms. The molecule has 1 aromatic heterocycles. The zero-order chi connectivity index (χ0) is 9.14. The molecule has 0 saturated heterocycles. The van der Waals surface area contributed by atoms with E-state index < -0.39 is 18.2 Å². The Kier molecular flexibility index (Phi) is 2.91. The first-order chi connectivity index (χ1) is 5.59. The van der Waals surface area contributed by atoms with Gasteiger partial charge in [-0.1, -0.05) is 0 Å². The van der Waals surface area contributed by atoms with Crippen molar-refractivity contribution >= 4 is 15.9 Å². The number of pyridine rings is 1. The van der Waals surface area contributed by atoms with Crippen molar-refractivity contribution in [3.63, 3.8) is 0 Å². The normalized spacial score (nSPS) is 10.4. The van der Waals surface area contributed by atoms with E-state index in [1.165, 1.54) is 0 Å². The highest BCUT2D eigenvalue weighted by Gasteiger charge is 2.10. The first-order valence-electron chi connectivity index (χ1n) is 2.85. The van der Waals surface area contributed by atoms with Crippen molar-refractivity contribution in [3.8, 4) is 5.75 Å². The molecular formula is C6H3BrF3NO. The van der Waals surface area contributed by atoms with Gasteiger partial charge in [0.25, 0.3) is 0 Å². The van der Waals surface area contributed by atoms with Gasteiger partial charge in [0.1, 0.15) is 4.60 Å². The number of hydrogen-bond acceptors (Lipinski definition) is 2. The van der Waals surface area contributed by atoms with Crippen molar-refractivity contribution in [1.82, 2.24) is 4.98 Å². The van der Waals surface area contributed by atoms with Gasteiger partial charge in [-0.15, -0.1) is 0 Å². The molecule has 2 nitrogen and oxygen atoms in total. The molecule has 1 rings (SSSR count). The van der Waals surface area contributed by atoms with Crippen LogP contribution < -0.4 is 4.74 Å². The van der Waals surface area contributed by atoms with Gasteiger partial charge >= 0.3 is 6.61 Å². The topological polar surface area (TPSA) is 22.1 Å². The number of hydrogen-bond donors (Lipinski definition) is 0. The second-order valence-electron chi connectivity index (χ2n) is 1.82. The van der Waals surface area contributed by atoms with Crippen LogP contribution in [0.15, 0.2) is 16.9 Å². The molecule has 0 bridgehead atoms. The van der Waals surface area contributed by atoms with Crippen molar-refractivity contribution in [2.75, 3.05) is 0 Å². The minimum Gasteiger partial charge on any atom is -0.432 e. The summed E-state index contributed by atoms with van der Waals surface area (Å²) in [6, 6.07) is 1.03. The van der Waals surface area contributed by atoms with Crippen LogP contribution in [0.25, 0.3) is 0 Å². The van der Waals surface area contributed by atoms with Crippen molar-refractivity contribution in [3.05, 3.63) is 22.7 Å². The van der Waals surface area contributed by atoms with E-state index in [1.807, 2.05) is 0 Å². The summed E-state index contributed by atoms with van der Waals surface area (Å²) in [6.45, 7) is -3.03. The Morgan fingerprint density at radius 3 is 2.75 bits per heavy atom. The molecule has 0 amide bonds. The van der Waals surface area contributed by atoms with E-state index in [0.29, 0.717) is 0 Å². The number of ether oxygens (including phenoxy) is 1. The molecule has 0 atom stereocenters. The maximum absolute atomic E-state index is 12.6. The van der Waals surface area contributed by atoms with Crippen LogP contribution in [-0.2, 0) is 0 Å². The van der Waals surface area contributed by atoms with E-state index in [4.69, 9.17) is 0 Å². The maximum Gasteiger partial charge on any atom is 0.387 e. The molecular weight excluding hydrogens is 239 g/mol. The largest absolute Gasteiger partial charge is 0.432 e. The lowest BCUT2D eigenvalue weighted by Gasteiger charge is -2.04. The van der Waals surface area contributed by atoms with Crippen molar-refractivity contribution < 1.29 is 17.9 Å². The predicted molar refractivity (Wildman–Crippen MR) is 38.5 cm³/mol. The summed E-state index contributed by atoms with van der Waals surface area (Å²) < 4.78 is 39.9. The number of nitrogens with zero attached hydrogens (tertiary/aromatic N) is 1. The summed E-state index contributed by atoms with van der Waals surface area (Å²) in [7, 11) is 0. The summed E-state index contributed by atoms with van der Waals surface area (Å²) in [5.41, 5.74) is 0. The Hall–Kier alpha value is -0.780. The Morgan fingerprint density at radius 1 is 1.50 bits per heavy atom. The molecule has 66 valence electrons. The first-order valence-corrected chi connectivity index (χ1v) is 3.65. The molecule has 0 aliphatic heterocycles. The molecule has 12 heavy (non-hydrogen) atoms.